The van der Waals surface area contributed by atoms with Gasteiger partial charge in [-0.15, -0.1) is 0 Å². The van der Waals surface area contributed by atoms with E-state index in [1.807, 2.05) is 13.0 Å². The number of esters is 1. The molecule has 2 aromatic heterocycles. The summed E-state index contributed by atoms with van der Waals surface area (Å²) in [6, 6.07) is 1.88. The van der Waals surface area contributed by atoms with Crippen molar-refractivity contribution in [2.75, 3.05) is 44.9 Å². The van der Waals surface area contributed by atoms with E-state index in [1.165, 1.54) is 11.5 Å². The predicted molar refractivity (Wildman–Crippen MR) is 104 cm³/mol. The van der Waals surface area contributed by atoms with Crippen molar-refractivity contribution < 1.29 is 19.0 Å². The van der Waals surface area contributed by atoms with Crippen molar-refractivity contribution in [3.05, 3.63) is 32.8 Å². The first-order valence-corrected chi connectivity index (χ1v) is 9.65. The van der Waals surface area contributed by atoms with E-state index in [1.54, 1.807) is 6.20 Å². The molecule has 9 heteroatoms. The summed E-state index contributed by atoms with van der Waals surface area (Å²) in [5.74, 6) is -0.788. The van der Waals surface area contributed by atoms with Crippen molar-refractivity contribution in [3.8, 4) is 5.75 Å². The number of morpholine rings is 1. The number of ether oxygens (including phenoxy) is 3. The van der Waals surface area contributed by atoms with Crippen molar-refractivity contribution >= 4 is 33.2 Å². The fourth-order valence-electron chi connectivity index (χ4n) is 2.85. The second-order valence-electron chi connectivity index (χ2n) is 6.13. The van der Waals surface area contributed by atoms with Gasteiger partial charge in [-0.3, -0.25) is 9.20 Å². The average molecular weight is 440 g/mol. The first-order valence-electron chi connectivity index (χ1n) is 8.86. The first kappa shape index (κ1) is 19.6. The molecule has 0 amide bonds. The number of nitrogens with zero attached hydrogens (tertiary/aromatic N) is 3. The SMILES string of the molecule is CCCCOc1c(C(=O)OC)nc2c(Br)cc(N3CCOCC3)cn2c1=O. The summed E-state index contributed by atoms with van der Waals surface area (Å²) in [5, 5.41) is 0. The normalized spacial score (nSPS) is 14.4. The third kappa shape index (κ3) is 4.08. The van der Waals surface area contributed by atoms with Crippen LogP contribution >= 0.6 is 15.9 Å². The Kier molecular flexibility index (Phi) is 6.33. The number of carbonyl (C=O) groups is 1. The third-order valence-corrected chi connectivity index (χ3v) is 4.91. The Hall–Kier alpha value is -2.13. The molecule has 0 aliphatic carbocycles. The van der Waals surface area contributed by atoms with E-state index in [0.717, 1.165) is 31.6 Å². The topological polar surface area (TPSA) is 82.4 Å². The number of anilines is 1. The minimum atomic E-state index is -0.703. The van der Waals surface area contributed by atoms with E-state index >= 15 is 0 Å². The number of aromatic nitrogens is 2. The highest BCUT2D eigenvalue weighted by Crippen LogP contribution is 2.26. The van der Waals surface area contributed by atoms with Crippen LogP contribution in [-0.4, -0.2) is 55.4 Å². The van der Waals surface area contributed by atoms with Crippen LogP contribution in [0.15, 0.2) is 21.5 Å². The van der Waals surface area contributed by atoms with E-state index in [0.29, 0.717) is 29.9 Å². The Balaban J connectivity index is 2.14. The van der Waals surface area contributed by atoms with Gasteiger partial charge in [-0.25, -0.2) is 9.78 Å². The van der Waals surface area contributed by atoms with Gasteiger partial charge in [-0.2, -0.15) is 0 Å². The molecule has 0 bridgehead atoms. The third-order valence-electron chi connectivity index (χ3n) is 4.32. The summed E-state index contributed by atoms with van der Waals surface area (Å²) < 4.78 is 17.8. The maximum atomic E-state index is 13.1. The molecule has 8 nitrogen and oxygen atoms in total. The zero-order valence-electron chi connectivity index (χ0n) is 15.4. The summed E-state index contributed by atoms with van der Waals surface area (Å²) in [6.07, 6.45) is 3.39. The molecule has 0 atom stereocenters. The van der Waals surface area contributed by atoms with E-state index in [-0.39, 0.29) is 11.4 Å². The van der Waals surface area contributed by atoms with Gasteiger partial charge in [0.2, 0.25) is 5.75 Å². The van der Waals surface area contributed by atoms with Crippen molar-refractivity contribution in [3.63, 3.8) is 0 Å². The number of halogens is 1. The molecule has 0 radical (unpaired) electrons. The highest BCUT2D eigenvalue weighted by molar-refractivity contribution is 9.10. The van der Waals surface area contributed by atoms with Crippen LogP contribution in [-0.2, 0) is 9.47 Å². The number of hydrogen-bond donors (Lipinski definition) is 0. The molecule has 1 fully saturated rings. The van der Waals surface area contributed by atoms with E-state index < -0.39 is 11.5 Å². The lowest BCUT2D eigenvalue weighted by Gasteiger charge is -2.29. The minimum absolute atomic E-state index is 0.0844. The Bertz CT molecular complexity index is 893. The number of unbranched alkanes of at least 4 members (excludes halogenated alkanes) is 1. The number of methoxy groups -OCH3 is 1. The van der Waals surface area contributed by atoms with Gasteiger partial charge < -0.3 is 19.1 Å². The zero-order valence-corrected chi connectivity index (χ0v) is 17.0. The lowest BCUT2D eigenvalue weighted by Crippen LogP contribution is -2.36. The quantitative estimate of drug-likeness (QED) is 0.504. The Morgan fingerprint density at radius 3 is 2.78 bits per heavy atom. The average Bonchev–Trinajstić information content (AvgIpc) is 2.70. The summed E-state index contributed by atoms with van der Waals surface area (Å²) in [5.41, 5.74) is 0.651. The summed E-state index contributed by atoms with van der Waals surface area (Å²) in [4.78, 5) is 31.7. The van der Waals surface area contributed by atoms with Gasteiger partial charge >= 0.3 is 11.5 Å². The fourth-order valence-corrected chi connectivity index (χ4v) is 3.36. The molecule has 1 aliphatic rings. The van der Waals surface area contributed by atoms with Gasteiger partial charge in [0.25, 0.3) is 0 Å². The van der Waals surface area contributed by atoms with E-state index in [4.69, 9.17) is 14.2 Å². The van der Waals surface area contributed by atoms with Crippen molar-refractivity contribution in [2.24, 2.45) is 0 Å². The monoisotopic (exact) mass is 439 g/mol. The van der Waals surface area contributed by atoms with Gasteiger partial charge in [0.05, 0.1) is 37.1 Å². The molecule has 0 N–H and O–H groups in total. The fraction of sp³-hybridized carbons (Fsp3) is 0.500. The standard InChI is InChI=1S/C18H22BrN3O5/c1-3-4-7-27-15-14(18(24)25-2)20-16-13(19)10-12(11-22(16)17(15)23)21-5-8-26-9-6-21/h10-11H,3-9H2,1-2H3. The molecule has 2 aromatic rings. The van der Waals surface area contributed by atoms with E-state index in [9.17, 15) is 9.59 Å². The number of rotatable bonds is 6. The minimum Gasteiger partial charge on any atom is -0.486 e. The number of fused-ring (bicyclic) bond motifs is 1. The number of hydrogen-bond acceptors (Lipinski definition) is 7. The van der Waals surface area contributed by atoms with Crippen LogP contribution in [0.25, 0.3) is 5.65 Å². The first-order chi connectivity index (χ1) is 13.1. The molecule has 0 spiro atoms. The largest absolute Gasteiger partial charge is 0.486 e. The van der Waals surface area contributed by atoms with Gasteiger partial charge in [-0.05, 0) is 28.4 Å². The highest BCUT2D eigenvalue weighted by atomic mass is 79.9. The summed E-state index contributed by atoms with van der Waals surface area (Å²) in [6.45, 7) is 5.08. The van der Waals surface area contributed by atoms with Crippen LogP contribution in [0.1, 0.15) is 30.3 Å². The van der Waals surface area contributed by atoms with Crippen LogP contribution in [0.5, 0.6) is 5.75 Å². The Morgan fingerprint density at radius 2 is 2.11 bits per heavy atom. The lowest BCUT2D eigenvalue weighted by molar-refractivity contribution is 0.0588. The predicted octanol–water partition coefficient (Wildman–Crippen LogP) is 2.26. The summed E-state index contributed by atoms with van der Waals surface area (Å²) >= 11 is 3.47. The van der Waals surface area contributed by atoms with Gasteiger partial charge in [0.15, 0.2) is 11.3 Å². The van der Waals surface area contributed by atoms with Gasteiger partial charge in [-0.1, -0.05) is 13.3 Å². The van der Waals surface area contributed by atoms with Gasteiger partial charge in [0, 0.05) is 19.3 Å². The van der Waals surface area contributed by atoms with Crippen molar-refractivity contribution in [1.82, 2.24) is 9.38 Å². The van der Waals surface area contributed by atoms with Crippen LogP contribution in [0.2, 0.25) is 0 Å². The molecule has 1 saturated heterocycles. The number of carbonyl (C=O) groups excluding carboxylic acids is 1. The van der Waals surface area contributed by atoms with Crippen LogP contribution < -0.4 is 15.2 Å². The lowest BCUT2D eigenvalue weighted by atomic mass is 10.3. The molecule has 3 rings (SSSR count). The van der Waals surface area contributed by atoms with E-state index in [2.05, 4.69) is 25.8 Å². The maximum Gasteiger partial charge on any atom is 0.360 e. The summed E-state index contributed by atoms with van der Waals surface area (Å²) in [7, 11) is 1.25. The van der Waals surface area contributed by atoms with Crippen LogP contribution in [0, 0.1) is 0 Å². The van der Waals surface area contributed by atoms with Gasteiger partial charge in [0.1, 0.15) is 0 Å². The highest BCUT2D eigenvalue weighted by Gasteiger charge is 2.23. The number of pyridine rings is 1. The Labute approximate surface area is 165 Å². The van der Waals surface area contributed by atoms with Crippen LogP contribution in [0.3, 0.4) is 0 Å². The molecule has 27 heavy (non-hydrogen) atoms. The zero-order chi connectivity index (χ0) is 19.4. The molecule has 0 aromatic carbocycles. The maximum absolute atomic E-state index is 13.1. The molecular formula is C18H22BrN3O5. The molecule has 3 heterocycles. The second kappa shape index (κ2) is 8.71. The van der Waals surface area contributed by atoms with Crippen molar-refractivity contribution in [2.45, 2.75) is 19.8 Å². The molecule has 0 unspecified atom stereocenters. The molecular weight excluding hydrogens is 418 g/mol. The molecule has 1 aliphatic heterocycles. The van der Waals surface area contributed by atoms with Crippen molar-refractivity contribution in [1.29, 1.82) is 0 Å². The van der Waals surface area contributed by atoms with Crippen LogP contribution in [0.4, 0.5) is 5.69 Å². The molecule has 146 valence electrons. The molecule has 0 saturated carbocycles. The Morgan fingerprint density at radius 1 is 1.37 bits per heavy atom. The smallest absolute Gasteiger partial charge is 0.360 e. The second-order valence-corrected chi connectivity index (χ2v) is 6.98.